The number of alkyl halides is 3. The minimum atomic E-state index is -5.62. The third-order valence-corrected chi connectivity index (χ3v) is 3.91. The lowest BCUT2D eigenvalue weighted by Gasteiger charge is -2.17. The van der Waals surface area contributed by atoms with Gasteiger partial charge in [-0.1, -0.05) is 17.7 Å². The molecule has 0 atom stereocenters. The zero-order chi connectivity index (χ0) is 19.8. The third-order valence-electron chi connectivity index (χ3n) is 3.30. The Labute approximate surface area is 153 Å². The molecule has 11 heteroatoms. The highest BCUT2D eigenvalue weighted by Crippen LogP contribution is 2.38. The van der Waals surface area contributed by atoms with Gasteiger partial charge in [0.15, 0.2) is 28.4 Å². The van der Waals surface area contributed by atoms with Crippen LogP contribution in [-0.4, -0.2) is 5.11 Å². The smallest absolute Gasteiger partial charge is 0.332 e. The molecule has 26 heavy (non-hydrogen) atoms. The summed E-state index contributed by atoms with van der Waals surface area (Å²) in [5, 5.41) is 4.10. The summed E-state index contributed by atoms with van der Waals surface area (Å²) in [7, 11) is 0. The molecular weight excluding hydrogens is 409 g/mol. The highest BCUT2D eigenvalue weighted by molar-refractivity contribution is 7.80. The summed E-state index contributed by atoms with van der Waals surface area (Å²) >= 11 is 10.6. The molecule has 0 fully saturated rings. The second-order valence-corrected chi connectivity index (χ2v) is 5.81. The summed E-state index contributed by atoms with van der Waals surface area (Å²) in [5.41, 5.74) is -3.35. The van der Waals surface area contributed by atoms with Crippen LogP contribution in [0.1, 0.15) is 11.1 Å². The van der Waals surface area contributed by atoms with E-state index in [9.17, 15) is 30.7 Å². The van der Waals surface area contributed by atoms with E-state index in [0.29, 0.717) is 16.3 Å². The van der Waals surface area contributed by atoms with Crippen molar-refractivity contribution in [2.75, 3.05) is 10.6 Å². The summed E-state index contributed by atoms with van der Waals surface area (Å²) in [6.07, 6.45) is -5.62. The average molecular weight is 417 g/mol. The van der Waals surface area contributed by atoms with Crippen LogP contribution in [0.15, 0.2) is 18.2 Å². The van der Waals surface area contributed by atoms with E-state index in [4.69, 9.17) is 23.8 Å². The molecule has 0 aliphatic heterocycles. The van der Waals surface area contributed by atoms with Crippen molar-refractivity contribution in [2.45, 2.75) is 13.1 Å². The molecule has 0 saturated heterocycles. The van der Waals surface area contributed by atoms with Crippen LogP contribution in [-0.2, 0) is 6.18 Å². The van der Waals surface area contributed by atoms with Gasteiger partial charge in [0.2, 0.25) is 0 Å². The van der Waals surface area contributed by atoms with Crippen molar-refractivity contribution in [3.63, 3.8) is 0 Å². The predicted octanol–water partition coefficient (Wildman–Crippen LogP) is 6.03. The summed E-state index contributed by atoms with van der Waals surface area (Å²) < 4.78 is 92.4. The zero-order valence-corrected chi connectivity index (χ0v) is 14.2. The number of hydrogen-bond acceptors (Lipinski definition) is 1. The Morgan fingerprint density at radius 1 is 0.962 bits per heavy atom. The lowest BCUT2D eigenvalue weighted by molar-refractivity contribution is -0.143. The maximum Gasteiger partial charge on any atom is 0.422 e. The number of thiocarbonyl (C=S) groups is 1. The summed E-state index contributed by atoms with van der Waals surface area (Å²) in [6, 6.07) is 4.58. The van der Waals surface area contributed by atoms with Gasteiger partial charge in [-0.3, -0.25) is 0 Å². The summed E-state index contributed by atoms with van der Waals surface area (Å²) in [4.78, 5) is 0. The van der Waals surface area contributed by atoms with Gasteiger partial charge < -0.3 is 10.6 Å². The van der Waals surface area contributed by atoms with Crippen LogP contribution in [0.25, 0.3) is 0 Å². The highest BCUT2D eigenvalue weighted by Gasteiger charge is 2.42. The van der Waals surface area contributed by atoms with E-state index < -0.39 is 45.8 Å². The molecular formula is C15H8ClF7N2S. The molecule has 0 unspecified atom stereocenters. The van der Waals surface area contributed by atoms with Crippen molar-refractivity contribution < 1.29 is 30.7 Å². The Morgan fingerprint density at radius 2 is 1.50 bits per heavy atom. The fraction of sp³-hybridized carbons (Fsp3) is 0.133. The molecule has 2 aromatic rings. The van der Waals surface area contributed by atoms with Crippen LogP contribution >= 0.6 is 23.8 Å². The van der Waals surface area contributed by atoms with Gasteiger partial charge in [0.05, 0.1) is 0 Å². The van der Waals surface area contributed by atoms with Gasteiger partial charge in [-0.05, 0) is 36.8 Å². The standard InChI is InChI=1S/C15H8ClF7N2S/c1-5-6(16)3-2-4-7(5)24-14(26)25-13-11(19)9(17)8(15(21,22)23)10(18)12(13)20/h2-4H,1H3,(H2,24,25,26). The molecule has 0 bridgehead atoms. The Balaban J connectivity index is 2.38. The molecule has 0 aliphatic carbocycles. The van der Waals surface area contributed by atoms with E-state index in [0.717, 1.165) is 0 Å². The SMILES string of the molecule is Cc1c(Cl)cccc1NC(=S)Nc1c(F)c(F)c(C(F)(F)F)c(F)c1F. The van der Waals surface area contributed by atoms with Gasteiger partial charge >= 0.3 is 6.18 Å². The molecule has 2 rings (SSSR count). The average Bonchev–Trinajstić information content (AvgIpc) is 2.53. The van der Waals surface area contributed by atoms with Crippen LogP contribution in [0.4, 0.5) is 42.1 Å². The lowest BCUT2D eigenvalue weighted by Crippen LogP contribution is -2.23. The van der Waals surface area contributed by atoms with E-state index >= 15 is 0 Å². The molecule has 2 N–H and O–H groups in total. The van der Waals surface area contributed by atoms with E-state index in [1.807, 2.05) is 5.32 Å². The fourth-order valence-corrected chi connectivity index (χ4v) is 2.39. The van der Waals surface area contributed by atoms with E-state index in [1.165, 1.54) is 12.1 Å². The Morgan fingerprint density at radius 3 is 2.00 bits per heavy atom. The number of halogens is 8. The van der Waals surface area contributed by atoms with Crippen molar-refractivity contribution in [1.82, 2.24) is 0 Å². The second kappa shape index (κ2) is 7.28. The number of rotatable bonds is 2. The van der Waals surface area contributed by atoms with Crippen LogP contribution in [0.5, 0.6) is 0 Å². The molecule has 140 valence electrons. The van der Waals surface area contributed by atoms with Crippen molar-refractivity contribution in [3.8, 4) is 0 Å². The van der Waals surface area contributed by atoms with Crippen LogP contribution in [0, 0.1) is 30.2 Å². The number of anilines is 2. The quantitative estimate of drug-likeness (QED) is 0.355. The molecule has 0 spiro atoms. The van der Waals surface area contributed by atoms with E-state index in [-0.39, 0.29) is 0 Å². The molecule has 0 aliphatic rings. The molecule has 0 heterocycles. The van der Waals surface area contributed by atoms with Crippen molar-refractivity contribution in [2.24, 2.45) is 0 Å². The van der Waals surface area contributed by atoms with Crippen molar-refractivity contribution in [1.29, 1.82) is 0 Å². The topological polar surface area (TPSA) is 24.1 Å². The van der Waals surface area contributed by atoms with Gasteiger partial charge in [-0.15, -0.1) is 0 Å². The van der Waals surface area contributed by atoms with E-state index in [1.54, 1.807) is 13.0 Å². The minimum absolute atomic E-state index is 0.309. The van der Waals surface area contributed by atoms with Crippen LogP contribution in [0.3, 0.4) is 0 Å². The van der Waals surface area contributed by atoms with Gasteiger partial charge in [0, 0.05) is 10.7 Å². The third kappa shape index (κ3) is 3.85. The minimum Gasteiger partial charge on any atom is -0.332 e. The highest BCUT2D eigenvalue weighted by atomic mass is 35.5. The van der Waals surface area contributed by atoms with E-state index in [2.05, 4.69) is 5.32 Å². The zero-order valence-electron chi connectivity index (χ0n) is 12.7. The summed E-state index contributed by atoms with van der Waals surface area (Å²) in [6.45, 7) is 1.59. The van der Waals surface area contributed by atoms with Gasteiger partial charge in [-0.2, -0.15) is 13.2 Å². The molecule has 0 aromatic heterocycles. The maximum atomic E-state index is 13.8. The Kier molecular flexibility index (Phi) is 5.67. The molecule has 0 saturated carbocycles. The van der Waals surface area contributed by atoms with Crippen molar-refractivity contribution >= 4 is 40.3 Å². The molecule has 2 aromatic carbocycles. The normalized spacial score (nSPS) is 11.4. The number of nitrogens with one attached hydrogen (secondary N) is 2. The fourth-order valence-electron chi connectivity index (χ4n) is 2.00. The predicted molar refractivity (Wildman–Crippen MR) is 87.3 cm³/mol. The van der Waals surface area contributed by atoms with Gasteiger partial charge in [0.25, 0.3) is 0 Å². The largest absolute Gasteiger partial charge is 0.422 e. The first-order valence-corrected chi connectivity index (χ1v) is 7.50. The van der Waals surface area contributed by atoms with Crippen molar-refractivity contribution in [3.05, 3.63) is 57.6 Å². The second-order valence-electron chi connectivity index (χ2n) is 5.00. The van der Waals surface area contributed by atoms with Crippen LogP contribution in [0.2, 0.25) is 5.02 Å². The number of benzene rings is 2. The first-order chi connectivity index (χ1) is 11.9. The Bertz CT molecular complexity index is 854. The van der Waals surface area contributed by atoms with Crippen LogP contribution < -0.4 is 10.6 Å². The molecule has 2 nitrogen and oxygen atoms in total. The lowest BCUT2D eigenvalue weighted by atomic mass is 10.1. The number of hydrogen-bond donors (Lipinski definition) is 2. The Hall–Kier alpha value is -2.07. The van der Waals surface area contributed by atoms with Gasteiger partial charge in [0.1, 0.15) is 11.3 Å². The summed E-state index contributed by atoms with van der Waals surface area (Å²) in [5.74, 6) is -9.69. The molecule has 0 radical (unpaired) electrons. The first kappa shape index (κ1) is 20.2. The monoisotopic (exact) mass is 416 g/mol. The first-order valence-electron chi connectivity index (χ1n) is 6.71. The van der Waals surface area contributed by atoms with Gasteiger partial charge in [-0.25, -0.2) is 17.6 Å². The maximum absolute atomic E-state index is 13.8. The molecule has 0 amide bonds.